The summed E-state index contributed by atoms with van der Waals surface area (Å²) in [5.41, 5.74) is 3.29. The zero-order valence-corrected chi connectivity index (χ0v) is 22.6. The fourth-order valence-corrected chi connectivity index (χ4v) is 5.85. The number of nitrogens with zero attached hydrogens (tertiary/aromatic N) is 1. The molecule has 1 aromatic heterocycles. The minimum atomic E-state index is -1.04. The van der Waals surface area contributed by atoms with Crippen molar-refractivity contribution in [3.05, 3.63) is 90.2 Å². The summed E-state index contributed by atoms with van der Waals surface area (Å²) in [5, 5.41) is 24.8. The molecule has 3 aromatic rings. The number of carbonyl (C=O) groups excluding carboxylic acids is 2. The molecule has 0 spiro atoms. The van der Waals surface area contributed by atoms with Gasteiger partial charge in [0.15, 0.2) is 0 Å². The number of aliphatic hydroxyl groups excluding tert-OH is 2. The molecule has 8 nitrogen and oxygen atoms in total. The Bertz CT molecular complexity index is 1360. The third-order valence-corrected chi connectivity index (χ3v) is 7.81. The SMILES string of the molecule is C=CCCCCC(=O)N(CCc1cc2ccccc2[nH]1)C1C=C(C(=O)NCCO)C2c3ccccc3OC2C1O. The Labute approximate surface area is 234 Å². The number of H-pyrrole nitrogens is 1. The lowest BCUT2D eigenvalue weighted by Gasteiger charge is -2.40. The molecular formula is C32H37N3O5. The van der Waals surface area contributed by atoms with Crippen LogP contribution in [0.15, 0.2) is 78.9 Å². The molecule has 4 atom stereocenters. The first-order valence-electron chi connectivity index (χ1n) is 14.0. The summed E-state index contributed by atoms with van der Waals surface area (Å²) >= 11 is 0. The third-order valence-electron chi connectivity index (χ3n) is 7.81. The molecule has 5 rings (SSSR count). The maximum atomic E-state index is 13.7. The molecule has 0 radical (unpaired) electrons. The van der Waals surface area contributed by atoms with Gasteiger partial charge in [-0.15, -0.1) is 6.58 Å². The number of carbonyl (C=O) groups is 2. The Morgan fingerprint density at radius 3 is 2.73 bits per heavy atom. The number of aliphatic hydroxyl groups is 2. The summed E-state index contributed by atoms with van der Waals surface area (Å²) in [4.78, 5) is 32.1. The number of allylic oxidation sites excluding steroid dienone is 1. The highest BCUT2D eigenvalue weighted by atomic mass is 16.5. The second-order valence-electron chi connectivity index (χ2n) is 10.4. The van der Waals surface area contributed by atoms with Crippen molar-refractivity contribution in [3.8, 4) is 5.75 Å². The summed E-state index contributed by atoms with van der Waals surface area (Å²) in [6.45, 7) is 4.04. The summed E-state index contributed by atoms with van der Waals surface area (Å²) < 4.78 is 6.21. The number of amides is 2. The number of unbranched alkanes of at least 4 members (excludes halogenated alkanes) is 2. The number of aromatic amines is 1. The molecule has 2 amide bonds. The van der Waals surface area contributed by atoms with Crippen molar-refractivity contribution in [2.24, 2.45) is 0 Å². The van der Waals surface area contributed by atoms with Gasteiger partial charge in [0.05, 0.1) is 18.6 Å². The average molecular weight is 544 g/mol. The highest BCUT2D eigenvalue weighted by Crippen LogP contribution is 2.47. The zero-order valence-electron chi connectivity index (χ0n) is 22.6. The summed E-state index contributed by atoms with van der Waals surface area (Å²) in [6.07, 6.45) is 5.11. The predicted molar refractivity (Wildman–Crippen MR) is 154 cm³/mol. The van der Waals surface area contributed by atoms with Crippen LogP contribution in [0.1, 0.15) is 42.9 Å². The largest absolute Gasteiger partial charge is 0.486 e. The molecule has 2 aliphatic rings. The number of rotatable bonds is 12. The molecule has 210 valence electrons. The van der Waals surface area contributed by atoms with Crippen LogP contribution in [0.2, 0.25) is 0 Å². The number of nitrogens with one attached hydrogen (secondary N) is 2. The highest BCUT2D eigenvalue weighted by molar-refractivity contribution is 5.96. The lowest BCUT2D eigenvalue weighted by atomic mass is 9.77. The molecule has 0 fully saturated rings. The molecule has 2 heterocycles. The molecule has 0 saturated carbocycles. The first kappa shape index (κ1) is 27.7. The maximum absolute atomic E-state index is 13.7. The van der Waals surface area contributed by atoms with E-state index < -0.39 is 24.2 Å². The lowest BCUT2D eigenvalue weighted by Crippen LogP contribution is -2.56. The van der Waals surface area contributed by atoms with Crippen LogP contribution >= 0.6 is 0 Å². The molecule has 4 N–H and O–H groups in total. The Morgan fingerprint density at radius 1 is 1.12 bits per heavy atom. The van der Waals surface area contributed by atoms with Gasteiger partial charge in [0.2, 0.25) is 11.8 Å². The third kappa shape index (κ3) is 5.69. The van der Waals surface area contributed by atoms with Crippen molar-refractivity contribution in [2.45, 2.75) is 56.3 Å². The summed E-state index contributed by atoms with van der Waals surface area (Å²) in [6, 6.07) is 16.8. The van der Waals surface area contributed by atoms with Crippen LogP contribution in [0.4, 0.5) is 0 Å². The van der Waals surface area contributed by atoms with Gasteiger partial charge in [0.25, 0.3) is 0 Å². The average Bonchev–Trinajstić information content (AvgIpc) is 3.57. The molecule has 4 unspecified atom stereocenters. The van der Waals surface area contributed by atoms with Gasteiger partial charge < -0.3 is 30.2 Å². The Kier molecular flexibility index (Phi) is 8.67. The normalized spacial score (nSPS) is 21.2. The van der Waals surface area contributed by atoms with Crippen LogP contribution in [0.5, 0.6) is 5.75 Å². The zero-order chi connectivity index (χ0) is 28.1. The number of fused-ring (bicyclic) bond motifs is 4. The van der Waals surface area contributed by atoms with Gasteiger partial charge in [-0.1, -0.05) is 42.5 Å². The molecular weight excluding hydrogens is 506 g/mol. The minimum Gasteiger partial charge on any atom is -0.486 e. The van der Waals surface area contributed by atoms with E-state index in [0.29, 0.717) is 37.1 Å². The minimum absolute atomic E-state index is 0.0791. The van der Waals surface area contributed by atoms with E-state index in [1.165, 1.54) is 0 Å². The summed E-state index contributed by atoms with van der Waals surface area (Å²) in [5.74, 6) is -0.266. The summed E-state index contributed by atoms with van der Waals surface area (Å²) in [7, 11) is 0. The van der Waals surface area contributed by atoms with Crippen LogP contribution < -0.4 is 10.1 Å². The standard InChI is InChI=1S/C32H37N3O5/c1-2-3-4-5-14-28(37)35(17-15-22-19-21-10-6-8-12-25(21)34-22)26-20-24(32(39)33-16-18-36)29-23-11-7-9-13-27(23)40-31(29)30(26)38/h2,6-13,19-20,26,29-31,34,36,38H,1,3-5,14-18H2,(H,33,39). The van der Waals surface area contributed by atoms with Gasteiger partial charge in [0, 0.05) is 48.3 Å². The molecule has 1 aliphatic carbocycles. The quantitative estimate of drug-likeness (QED) is 0.206. The van der Waals surface area contributed by atoms with Gasteiger partial charge in [-0.3, -0.25) is 9.59 Å². The van der Waals surface area contributed by atoms with Crippen molar-refractivity contribution in [3.63, 3.8) is 0 Å². The Hall–Kier alpha value is -3.88. The van der Waals surface area contributed by atoms with Crippen LogP contribution in [-0.2, 0) is 16.0 Å². The van der Waals surface area contributed by atoms with Crippen LogP contribution in [0, 0.1) is 0 Å². The highest BCUT2D eigenvalue weighted by Gasteiger charge is 2.50. The van der Waals surface area contributed by atoms with Crippen molar-refractivity contribution >= 4 is 22.7 Å². The smallest absolute Gasteiger partial charge is 0.247 e. The number of benzene rings is 2. The van der Waals surface area contributed by atoms with E-state index in [0.717, 1.165) is 35.0 Å². The van der Waals surface area contributed by atoms with Gasteiger partial charge in [-0.2, -0.15) is 0 Å². The first-order chi connectivity index (χ1) is 19.5. The van der Waals surface area contributed by atoms with E-state index in [2.05, 4.69) is 22.9 Å². The number of aromatic nitrogens is 1. The van der Waals surface area contributed by atoms with E-state index in [9.17, 15) is 19.8 Å². The molecule has 2 aromatic carbocycles. The number of para-hydroxylation sites is 2. The van der Waals surface area contributed by atoms with E-state index in [4.69, 9.17) is 4.74 Å². The van der Waals surface area contributed by atoms with Crippen LogP contribution in [0.25, 0.3) is 10.9 Å². The van der Waals surface area contributed by atoms with E-state index in [1.807, 2.05) is 54.6 Å². The number of hydrogen-bond acceptors (Lipinski definition) is 5. The van der Waals surface area contributed by atoms with Crippen LogP contribution in [0.3, 0.4) is 0 Å². The van der Waals surface area contributed by atoms with Crippen molar-refractivity contribution in [1.29, 1.82) is 0 Å². The van der Waals surface area contributed by atoms with E-state index in [1.54, 1.807) is 11.0 Å². The monoisotopic (exact) mass is 543 g/mol. The Morgan fingerprint density at radius 2 is 1.93 bits per heavy atom. The topological polar surface area (TPSA) is 115 Å². The fraction of sp³-hybridized carbons (Fsp3) is 0.375. The van der Waals surface area contributed by atoms with Gasteiger partial charge in [0.1, 0.15) is 18.0 Å². The van der Waals surface area contributed by atoms with Crippen molar-refractivity contribution < 1.29 is 24.5 Å². The van der Waals surface area contributed by atoms with Gasteiger partial charge in [-0.05, 0) is 48.9 Å². The molecule has 1 aliphatic heterocycles. The van der Waals surface area contributed by atoms with Crippen molar-refractivity contribution in [2.75, 3.05) is 19.7 Å². The Balaban J connectivity index is 1.46. The molecule has 0 bridgehead atoms. The van der Waals surface area contributed by atoms with E-state index >= 15 is 0 Å². The second-order valence-corrected chi connectivity index (χ2v) is 10.4. The van der Waals surface area contributed by atoms with Gasteiger partial charge >= 0.3 is 0 Å². The number of ether oxygens (including phenoxy) is 1. The predicted octanol–water partition coefficient (Wildman–Crippen LogP) is 3.61. The van der Waals surface area contributed by atoms with Crippen molar-refractivity contribution in [1.82, 2.24) is 15.2 Å². The first-order valence-corrected chi connectivity index (χ1v) is 14.0. The van der Waals surface area contributed by atoms with Gasteiger partial charge in [-0.25, -0.2) is 0 Å². The molecule has 8 heteroatoms. The lowest BCUT2D eigenvalue weighted by molar-refractivity contribution is -0.137. The molecule has 40 heavy (non-hydrogen) atoms. The van der Waals surface area contributed by atoms with Crippen LogP contribution in [-0.4, -0.2) is 69.9 Å². The maximum Gasteiger partial charge on any atom is 0.247 e. The second kappa shape index (κ2) is 12.5. The number of hydrogen-bond donors (Lipinski definition) is 4. The van der Waals surface area contributed by atoms with E-state index in [-0.39, 0.29) is 25.0 Å². The fourth-order valence-electron chi connectivity index (χ4n) is 5.85. The molecule has 0 saturated heterocycles.